The first-order valence-corrected chi connectivity index (χ1v) is 7.01. The second-order valence-electron chi connectivity index (χ2n) is 5.02. The molecule has 0 radical (unpaired) electrons. The van der Waals surface area contributed by atoms with E-state index in [9.17, 15) is 4.79 Å². The van der Waals surface area contributed by atoms with Crippen LogP contribution in [0.4, 0.5) is 11.4 Å². The molecule has 3 nitrogen and oxygen atoms in total. The molecule has 104 valence electrons. The third-order valence-electron chi connectivity index (χ3n) is 3.62. The fraction of sp³-hybridized carbons (Fsp3) is 0.167. The van der Waals surface area contributed by atoms with Gasteiger partial charge in [0.05, 0.1) is 0 Å². The number of carbonyl (C=O) groups is 1. The summed E-state index contributed by atoms with van der Waals surface area (Å²) in [6.45, 7) is 0.693. The Hall–Kier alpha value is -2.73. The van der Waals surface area contributed by atoms with E-state index >= 15 is 0 Å². The number of nitrogen functional groups attached to an aromatic ring is 1. The second-order valence-corrected chi connectivity index (χ2v) is 5.02. The largest absolute Gasteiger partial charge is 0.398 e. The molecule has 2 N–H and O–H groups in total. The number of fused-ring (bicyclic) bond motifs is 1. The fourth-order valence-electron chi connectivity index (χ4n) is 2.58. The highest BCUT2D eigenvalue weighted by Crippen LogP contribution is 2.31. The van der Waals surface area contributed by atoms with Crippen LogP contribution in [-0.2, 0) is 11.2 Å². The highest BCUT2D eigenvalue weighted by molar-refractivity contribution is 6.07. The first-order valence-electron chi connectivity index (χ1n) is 7.01. The number of nitrogens with zero attached hydrogens (tertiary/aromatic N) is 1. The number of nitrogens with two attached hydrogens (primary N) is 1. The van der Waals surface area contributed by atoms with Crippen LogP contribution in [0.15, 0.2) is 48.5 Å². The van der Waals surface area contributed by atoms with Crippen LogP contribution < -0.4 is 10.6 Å². The Morgan fingerprint density at radius 1 is 1.10 bits per heavy atom. The molecule has 1 heterocycles. The Kier molecular flexibility index (Phi) is 3.61. The minimum Gasteiger partial charge on any atom is -0.398 e. The van der Waals surface area contributed by atoms with Gasteiger partial charge < -0.3 is 10.6 Å². The summed E-state index contributed by atoms with van der Waals surface area (Å²) in [5.74, 6) is 5.46. The molecule has 0 aromatic heterocycles. The minimum atomic E-state index is -0.176. The maximum atomic E-state index is 12.4. The summed E-state index contributed by atoms with van der Waals surface area (Å²) in [5.41, 5.74) is 9.54. The molecule has 0 bridgehead atoms. The van der Waals surface area contributed by atoms with Crippen molar-refractivity contribution in [2.45, 2.75) is 12.8 Å². The van der Waals surface area contributed by atoms with Gasteiger partial charge in [-0.1, -0.05) is 30.2 Å². The van der Waals surface area contributed by atoms with Gasteiger partial charge in [0.1, 0.15) is 0 Å². The third kappa shape index (κ3) is 2.75. The number of hydrogen-bond donors (Lipinski definition) is 1. The Morgan fingerprint density at radius 3 is 2.71 bits per heavy atom. The molecule has 0 fully saturated rings. The van der Waals surface area contributed by atoms with Crippen LogP contribution >= 0.6 is 0 Å². The zero-order valence-corrected chi connectivity index (χ0v) is 11.7. The molecule has 0 unspecified atom stereocenters. The summed E-state index contributed by atoms with van der Waals surface area (Å²) in [4.78, 5) is 14.1. The van der Waals surface area contributed by atoms with E-state index in [0.717, 1.165) is 35.3 Å². The Morgan fingerprint density at radius 2 is 1.90 bits per heavy atom. The van der Waals surface area contributed by atoms with E-state index in [0.29, 0.717) is 6.54 Å². The molecule has 3 heteroatoms. The highest BCUT2D eigenvalue weighted by atomic mass is 16.2. The summed E-state index contributed by atoms with van der Waals surface area (Å²) in [6, 6.07) is 15.2. The average Bonchev–Trinajstić information content (AvgIpc) is 2.53. The number of benzene rings is 2. The van der Waals surface area contributed by atoms with Crippen molar-refractivity contribution in [3.05, 3.63) is 59.7 Å². The van der Waals surface area contributed by atoms with E-state index in [1.54, 1.807) is 4.90 Å². The molecule has 3 rings (SSSR count). The van der Waals surface area contributed by atoms with E-state index in [2.05, 4.69) is 11.8 Å². The van der Waals surface area contributed by atoms with Crippen molar-refractivity contribution in [3.8, 4) is 11.8 Å². The molecule has 0 aliphatic carbocycles. The predicted octanol–water partition coefficient (Wildman–Crippen LogP) is 2.60. The molecule has 1 aliphatic heterocycles. The van der Waals surface area contributed by atoms with Crippen LogP contribution in [0.2, 0.25) is 0 Å². The van der Waals surface area contributed by atoms with Crippen molar-refractivity contribution in [1.82, 2.24) is 0 Å². The van der Waals surface area contributed by atoms with Gasteiger partial charge in [0, 0.05) is 29.4 Å². The van der Waals surface area contributed by atoms with Crippen molar-refractivity contribution in [3.63, 3.8) is 0 Å². The first-order chi connectivity index (χ1) is 10.3. The van der Waals surface area contributed by atoms with Crippen molar-refractivity contribution in [1.29, 1.82) is 0 Å². The van der Waals surface area contributed by atoms with E-state index in [1.807, 2.05) is 48.5 Å². The van der Waals surface area contributed by atoms with Crippen molar-refractivity contribution in [2.24, 2.45) is 0 Å². The molecule has 21 heavy (non-hydrogen) atoms. The average molecular weight is 276 g/mol. The van der Waals surface area contributed by atoms with E-state index in [1.165, 1.54) is 0 Å². The van der Waals surface area contributed by atoms with Crippen LogP contribution in [0.25, 0.3) is 0 Å². The van der Waals surface area contributed by atoms with Gasteiger partial charge in [0.25, 0.3) is 0 Å². The first kappa shape index (κ1) is 13.3. The molecule has 1 aliphatic rings. The molecule has 2 aromatic carbocycles. The number of rotatable bonds is 0. The summed E-state index contributed by atoms with van der Waals surface area (Å²) >= 11 is 0. The normalized spacial score (nSPS) is 13.0. The van der Waals surface area contributed by atoms with Gasteiger partial charge in [-0.3, -0.25) is 4.79 Å². The lowest BCUT2D eigenvalue weighted by Gasteiger charge is -2.28. The maximum Gasteiger partial charge on any atom is 0.303 e. The van der Waals surface area contributed by atoms with Crippen LogP contribution in [0.1, 0.15) is 17.5 Å². The van der Waals surface area contributed by atoms with Crippen molar-refractivity contribution >= 4 is 17.3 Å². The standard InChI is InChI=1S/C18H16N2O/c19-16-9-4-10-17-15(16)8-5-13-20(17)18(21)12-11-14-6-2-1-3-7-14/h1-4,6-7,9-10H,5,8,13,19H2. The number of carbonyl (C=O) groups excluding carboxylic acids is 1. The molecule has 2 aromatic rings. The van der Waals surface area contributed by atoms with Crippen LogP contribution in [0.3, 0.4) is 0 Å². The van der Waals surface area contributed by atoms with Gasteiger partial charge in [0.2, 0.25) is 0 Å². The van der Waals surface area contributed by atoms with Crippen LogP contribution in [-0.4, -0.2) is 12.5 Å². The van der Waals surface area contributed by atoms with Gasteiger partial charge >= 0.3 is 5.91 Å². The number of hydrogen-bond acceptors (Lipinski definition) is 2. The second kappa shape index (κ2) is 5.72. The van der Waals surface area contributed by atoms with E-state index in [4.69, 9.17) is 5.73 Å². The Bertz CT molecular complexity index is 726. The summed E-state index contributed by atoms with van der Waals surface area (Å²) in [7, 11) is 0. The molecule has 1 amide bonds. The van der Waals surface area contributed by atoms with Crippen molar-refractivity contribution < 1.29 is 4.79 Å². The predicted molar refractivity (Wildman–Crippen MR) is 84.8 cm³/mol. The summed E-state index contributed by atoms with van der Waals surface area (Å²) in [6.07, 6.45) is 1.83. The van der Waals surface area contributed by atoms with E-state index < -0.39 is 0 Å². The number of anilines is 2. The maximum absolute atomic E-state index is 12.4. The van der Waals surface area contributed by atoms with Gasteiger partial charge in [-0.2, -0.15) is 0 Å². The molecule has 0 spiro atoms. The van der Waals surface area contributed by atoms with E-state index in [-0.39, 0.29) is 5.91 Å². The third-order valence-corrected chi connectivity index (χ3v) is 3.62. The smallest absolute Gasteiger partial charge is 0.303 e. The SMILES string of the molecule is Nc1cccc2c1CCCN2C(=O)C#Cc1ccccc1. The number of amides is 1. The van der Waals surface area contributed by atoms with Gasteiger partial charge in [-0.25, -0.2) is 0 Å². The summed E-state index contributed by atoms with van der Waals surface area (Å²) in [5, 5.41) is 0. The quantitative estimate of drug-likeness (QED) is 0.594. The zero-order chi connectivity index (χ0) is 14.7. The molecule has 0 atom stereocenters. The monoisotopic (exact) mass is 276 g/mol. The summed E-state index contributed by atoms with van der Waals surface area (Å²) < 4.78 is 0. The van der Waals surface area contributed by atoms with Crippen LogP contribution in [0, 0.1) is 11.8 Å². The van der Waals surface area contributed by atoms with Crippen LogP contribution in [0.5, 0.6) is 0 Å². The topological polar surface area (TPSA) is 46.3 Å². The Labute approximate surface area is 124 Å². The van der Waals surface area contributed by atoms with Gasteiger partial charge in [0.15, 0.2) is 0 Å². The van der Waals surface area contributed by atoms with Crippen molar-refractivity contribution in [2.75, 3.05) is 17.2 Å². The zero-order valence-electron chi connectivity index (χ0n) is 11.7. The molecule has 0 saturated heterocycles. The fourth-order valence-corrected chi connectivity index (χ4v) is 2.58. The molecule has 0 saturated carbocycles. The highest BCUT2D eigenvalue weighted by Gasteiger charge is 2.22. The molecular formula is C18H16N2O. The van der Waals surface area contributed by atoms with Gasteiger partial charge in [-0.05, 0) is 42.7 Å². The lowest BCUT2D eigenvalue weighted by Crippen LogP contribution is -2.34. The lowest BCUT2D eigenvalue weighted by molar-refractivity contribution is -0.113. The van der Waals surface area contributed by atoms with Gasteiger partial charge in [-0.15, -0.1) is 0 Å². The molecular weight excluding hydrogens is 260 g/mol. The lowest BCUT2D eigenvalue weighted by atomic mass is 10.00. The minimum absolute atomic E-state index is 0.176. The Balaban J connectivity index is 1.88.